The van der Waals surface area contributed by atoms with Crippen LogP contribution in [0.2, 0.25) is 0 Å². The Labute approximate surface area is 107 Å². The van der Waals surface area contributed by atoms with Crippen LogP contribution in [0, 0.1) is 11.3 Å². The van der Waals surface area contributed by atoms with Crippen molar-refractivity contribution in [3.63, 3.8) is 0 Å². The monoisotopic (exact) mass is 247 g/mol. The number of rotatable bonds is 4. The molecule has 1 aliphatic heterocycles. The van der Waals surface area contributed by atoms with Crippen molar-refractivity contribution in [3.8, 4) is 6.07 Å². The Kier molecular flexibility index (Phi) is 4.51. The zero-order chi connectivity index (χ0) is 12.8. The molecule has 2 heterocycles. The van der Waals surface area contributed by atoms with Crippen molar-refractivity contribution in [1.29, 1.82) is 5.26 Å². The molecule has 1 saturated heterocycles. The number of ether oxygens (including phenoxy) is 1. The van der Waals surface area contributed by atoms with Crippen molar-refractivity contribution in [2.75, 3.05) is 31.2 Å². The lowest BCUT2D eigenvalue weighted by Crippen LogP contribution is -2.40. The standard InChI is InChI=1S/C13H17N3O2/c14-9-11-3-1-5-15-13(11)16-6-2-4-12(10-16)18-8-7-17/h1,3,5,12,17H,2,4,6-8,10H2. The highest BCUT2D eigenvalue weighted by Gasteiger charge is 2.22. The minimum absolute atomic E-state index is 0.0452. The van der Waals surface area contributed by atoms with Gasteiger partial charge in [0.1, 0.15) is 11.9 Å². The van der Waals surface area contributed by atoms with Crippen molar-refractivity contribution in [3.05, 3.63) is 23.9 Å². The number of piperidine rings is 1. The summed E-state index contributed by atoms with van der Waals surface area (Å²) in [4.78, 5) is 6.37. The first-order valence-corrected chi connectivity index (χ1v) is 6.17. The first-order chi connectivity index (χ1) is 8.85. The molecule has 0 aromatic carbocycles. The van der Waals surface area contributed by atoms with Crippen molar-refractivity contribution in [2.24, 2.45) is 0 Å². The molecule has 1 aliphatic rings. The summed E-state index contributed by atoms with van der Waals surface area (Å²) in [5, 5.41) is 17.8. The van der Waals surface area contributed by atoms with Gasteiger partial charge in [-0.1, -0.05) is 0 Å². The van der Waals surface area contributed by atoms with Crippen LogP contribution in [-0.2, 0) is 4.74 Å². The molecule has 1 aromatic rings. The minimum atomic E-state index is 0.0452. The maximum Gasteiger partial charge on any atom is 0.146 e. The van der Waals surface area contributed by atoms with E-state index in [0.29, 0.717) is 12.2 Å². The highest BCUT2D eigenvalue weighted by molar-refractivity contribution is 5.53. The first-order valence-electron chi connectivity index (χ1n) is 6.17. The number of aliphatic hydroxyl groups is 1. The molecule has 0 aliphatic carbocycles. The largest absolute Gasteiger partial charge is 0.394 e. The maximum absolute atomic E-state index is 9.08. The summed E-state index contributed by atoms with van der Waals surface area (Å²) in [6, 6.07) is 5.71. The summed E-state index contributed by atoms with van der Waals surface area (Å²) in [7, 11) is 0. The molecule has 1 unspecified atom stereocenters. The van der Waals surface area contributed by atoms with Gasteiger partial charge in [0.2, 0.25) is 0 Å². The van der Waals surface area contributed by atoms with E-state index in [1.54, 1.807) is 18.3 Å². The summed E-state index contributed by atoms with van der Waals surface area (Å²) >= 11 is 0. The van der Waals surface area contributed by atoms with Crippen LogP contribution in [0.1, 0.15) is 18.4 Å². The Hall–Kier alpha value is -1.64. The van der Waals surface area contributed by atoms with Gasteiger partial charge in [0, 0.05) is 19.3 Å². The van der Waals surface area contributed by atoms with E-state index in [2.05, 4.69) is 16.0 Å². The van der Waals surface area contributed by atoms with E-state index in [-0.39, 0.29) is 12.7 Å². The van der Waals surface area contributed by atoms with Gasteiger partial charge in [0.05, 0.1) is 24.9 Å². The van der Waals surface area contributed by atoms with E-state index in [0.717, 1.165) is 31.7 Å². The topological polar surface area (TPSA) is 69.4 Å². The van der Waals surface area contributed by atoms with Crippen LogP contribution < -0.4 is 4.90 Å². The van der Waals surface area contributed by atoms with Gasteiger partial charge >= 0.3 is 0 Å². The quantitative estimate of drug-likeness (QED) is 0.857. The fourth-order valence-corrected chi connectivity index (χ4v) is 2.22. The average Bonchev–Trinajstić information content (AvgIpc) is 2.45. The van der Waals surface area contributed by atoms with Gasteiger partial charge in [-0.15, -0.1) is 0 Å². The van der Waals surface area contributed by atoms with E-state index in [9.17, 15) is 0 Å². The molecule has 0 amide bonds. The maximum atomic E-state index is 9.08. The lowest BCUT2D eigenvalue weighted by Gasteiger charge is -2.33. The fraction of sp³-hybridized carbons (Fsp3) is 0.538. The van der Waals surface area contributed by atoms with Gasteiger partial charge in [0.15, 0.2) is 0 Å². The van der Waals surface area contributed by atoms with Crippen LogP contribution in [-0.4, -0.2) is 42.5 Å². The summed E-state index contributed by atoms with van der Waals surface area (Å²) in [5.74, 6) is 0.734. The number of nitriles is 1. The summed E-state index contributed by atoms with van der Waals surface area (Å²) < 4.78 is 5.55. The van der Waals surface area contributed by atoms with Crippen LogP contribution in [0.25, 0.3) is 0 Å². The van der Waals surface area contributed by atoms with Gasteiger partial charge < -0.3 is 14.7 Å². The smallest absolute Gasteiger partial charge is 0.146 e. The molecule has 0 radical (unpaired) electrons. The number of nitrogens with zero attached hydrogens (tertiary/aromatic N) is 3. The average molecular weight is 247 g/mol. The summed E-state index contributed by atoms with van der Waals surface area (Å²) in [6.07, 6.45) is 3.82. The molecule has 96 valence electrons. The van der Waals surface area contributed by atoms with E-state index in [1.165, 1.54) is 0 Å². The molecular formula is C13H17N3O2. The number of pyridine rings is 1. The molecular weight excluding hydrogens is 230 g/mol. The normalized spacial score (nSPS) is 19.6. The Bertz CT molecular complexity index is 430. The van der Waals surface area contributed by atoms with Crippen LogP contribution in [0.4, 0.5) is 5.82 Å². The summed E-state index contributed by atoms with van der Waals surface area (Å²) in [5.41, 5.74) is 0.598. The van der Waals surface area contributed by atoms with Crippen LogP contribution >= 0.6 is 0 Å². The molecule has 5 heteroatoms. The second-order valence-electron chi connectivity index (χ2n) is 4.29. The zero-order valence-electron chi connectivity index (χ0n) is 10.2. The van der Waals surface area contributed by atoms with Gasteiger partial charge in [-0.05, 0) is 25.0 Å². The minimum Gasteiger partial charge on any atom is -0.394 e. The zero-order valence-corrected chi connectivity index (χ0v) is 10.2. The lowest BCUT2D eigenvalue weighted by atomic mass is 10.1. The first kappa shape index (κ1) is 12.8. The number of aliphatic hydroxyl groups excluding tert-OH is 1. The Morgan fingerprint density at radius 1 is 1.61 bits per heavy atom. The highest BCUT2D eigenvalue weighted by Crippen LogP contribution is 2.22. The molecule has 0 spiro atoms. The molecule has 1 fully saturated rings. The molecule has 2 rings (SSSR count). The van der Waals surface area contributed by atoms with Gasteiger partial charge in [0.25, 0.3) is 0 Å². The Balaban J connectivity index is 2.06. The van der Waals surface area contributed by atoms with Crippen molar-refractivity contribution in [2.45, 2.75) is 18.9 Å². The van der Waals surface area contributed by atoms with Crippen LogP contribution in [0.5, 0.6) is 0 Å². The number of hydrogen-bond donors (Lipinski definition) is 1. The number of hydrogen-bond acceptors (Lipinski definition) is 5. The van der Waals surface area contributed by atoms with E-state index in [4.69, 9.17) is 15.1 Å². The number of anilines is 1. The van der Waals surface area contributed by atoms with E-state index >= 15 is 0 Å². The Morgan fingerprint density at radius 3 is 3.28 bits per heavy atom. The predicted molar refractivity (Wildman–Crippen MR) is 67.2 cm³/mol. The third-order valence-electron chi connectivity index (χ3n) is 3.03. The van der Waals surface area contributed by atoms with Crippen molar-refractivity contribution in [1.82, 2.24) is 4.98 Å². The second kappa shape index (κ2) is 6.34. The lowest BCUT2D eigenvalue weighted by molar-refractivity contribution is 0.0213. The van der Waals surface area contributed by atoms with Crippen LogP contribution in [0.15, 0.2) is 18.3 Å². The van der Waals surface area contributed by atoms with E-state index < -0.39 is 0 Å². The highest BCUT2D eigenvalue weighted by atomic mass is 16.5. The molecule has 1 atom stereocenters. The van der Waals surface area contributed by atoms with Gasteiger partial charge in [-0.3, -0.25) is 0 Å². The molecule has 5 nitrogen and oxygen atoms in total. The predicted octanol–water partition coefficient (Wildman–Crippen LogP) is 0.931. The second-order valence-corrected chi connectivity index (χ2v) is 4.29. The van der Waals surface area contributed by atoms with Crippen LogP contribution in [0.3, 0.4) is 0 Å². The third kappa shape index (κ3) is 2.97. The Morgan fingerprint density at radius 2 is 2.50 bits per heavy atom. The molecule has 18 heavy (non-hydrogen) atoms. The van der Waals surface area contributed by atoms with Gasteiger partial charge in [-0.25, -0.2) is 4.98 Å². The SMILES string of the molecule is N#Cc1cccnc1N1CCCC(OCCO)C1. The third-order valence-corrected chi connectivity index (χ3v) is 3.03. The molecule has 0 bridgehead atoms. The van der Waals surface area contributed by atoms with E-state index in [1.807, 2.05) is 0 Å². The van der Waals surface area contributed by atoms with Crippen molar-refractivity contribution >= 4 is 5.82 Å². The van der Waals surface area contributed by atoms with Crippen molar-refractivity contribution < 1.29 is 9.84 Å². The molecule has 0 saturated carbocycles. The fourth-order valence-electron chi connectivity index (χ4n) is 2.22. The summed E-state index contributed by atoms with van der Waals surface area (Å²) in [6.45, 7) is 2.03. The number of aromatic nitrogens is 1. The molecule has 1 N–H and O–H groups in total. The van der Waals surface area contributed by atoms with Gasteiger partial charge in [-0.2, -0.15) is 5.26 Å². The molecule has 1 aromatic heterocycles.